The molecular formula is C18H24N4OS2. The topological polar surface area (TPSA) is 66.9 Å². The number of nitrogens with zero attached hydrogens (tertiary/aromatic N) is 2. The Labute approximate surface area is 157 Å². The van der Waals surface area contributed by atoms with E-state index in [1.807, 2.05) is 6.92 Å². The summed E-state index contributed by atoms with van der Waals surface area (Å²) in [6, 6.07) is 6.77. The van der Waals surface area contributed by atoms with Crippen LogP contribution in [0.5, 0.6) is 0 Å². The van der Waals surface area contributed by atoms with Crippen LogP contribution in [0.15, 0.2) is 22.5 Å². The smallest absolute Gasteiger partial charge is 0.233 e. The minimum atomic E-state index is -0.157. The second kappa shape index (κ2) is 8.19. The molecule has 1 fully saturated rings. The van der Waals surface area contributed by atoms with Crippen molar-refractivity contribution >= 4 is 39.8 Å². The summed E-state index contributed by atoms with van der Waals surface area (Å²) in [4.78, 5) is 12.1. The number of nitrogens with one attached hydrogen (secondary N) is 2. The average Bonchev–Trinajstić information content (AvgIpc) is 3.32. The Hall–Kier alpha value is -1.60. The van der Waals surface area contributed by atoms with Crippen molar-refractivity contribution in [2.24, 2.45) is 0 Å². The van der Waals surface area contributed by atoms with E-state index < -0.39 is 0 Å². The first-order valence-electron chi connectivity index (χ1n) is 8.79. The van der Waals surface area contributed by atoms with E-state index in [0.717, 1.165) is 40.8 Å². The van der Waals surface area contributed by atoms with Gasteiger partial charge in [-0.1, -0.05) is 55.1 Å². The highest BCUT2D eigenvalue weighted by molar-refractivity contribution is 8.02. The van der Waals surface area contributed by atoms with Crippen LogP contribution in [0.25, 0.3) is 0 Å². The predicted molar refractivity (Wildman–Crippen MR) is 105 cm³/mol. The summed E-state index contributed by atoms with van der Waals surface area (Å²) >= 11 is 2.96. The molecule has 1 amide bonds. The van der Waals surface area contributed by atoms with Gasteiger partial charge in [0.05, 0.1) is 5.25 Å². The summed E-state index contributed by atoms with van der Waals surface area (Å²) in [5.74, 6) is 0.0850. The van der Waals surface area contributed by atoms with E-state index in [9.17, 15) is 4.79 Å². The van der Waals surface area contributed by atoms with E-state index in [4.69, 9.17) is 0 Å². The van der Waals surface area contributed by atoms with Crippen molar-refractivity contribution in [3.05, 3.63) is 29.3 Å². The van der Waals surface area contributed by atoms with E-state index in [1.54, 1.807) is 0 Å². The first kappa shape index (κ1) is 18.2. The molecule has 2 N–H and O–H groups in total. The molecule has 0 aliphatic heterocycles. The van der Waals surface area contributed by atoms with Crippen LogP contribution in [0.3, 0.4) is 0 Å². The summed E-state index contributed by atoms with van der Waals surface area (Å²) in [5.41, 5.74) is 3.70. The number of amides is 1. The van der Waals surface area contributed by atoms with Crippen molar-refractivity contribution in [2.75, 3.05) is 5.32 Å². The zero-order chi connectivity index (χ0) is 17.8. The van der Waals surface area contributed by atoms with E-state index >= 15 is 0 Å². The molecule has 1 atom stereocenters. The van der Waals surface area contributed by atoms with Gasteiger partial charge in [0.15, 0.2) is 4.34 Å². The monoisotopic (exact) mass is 376 g/mol. The molecule has 1 unspecified atom stereocenters. The first-order chi connectivity index (χ1) is 12.1. The third-order valence-corrected chi connectivity index (χ3v) is 6.23. The fraction of sp³-hybridized carbons (Fsp3) is 0.500. The van der Waals surface area contributed by atoms with Crippen molar-refractivity contribution in [1.82, 2.24) is 15.5 Å². The quantitative estimate of drug-likeness (QED) is 0.677. The molecule has 0 saturated heterocycles. The number of anilines is 2. The van der Waals surface area contributed by atoms with Gasteiger partial charge in [0.1, 0.15) is 0 Å². The van der Waals surface area contributed by atoms with Crippen molar-refractivity contribution in [1.29, 1.82) is 0 Å². The van der Waals surface area contributed by atoms with Crippen LogP contribution in [0.2, 0.25) is 0 Å². The van der Waals surface area contributed by atoms with Crippen molar-refractivity contribution < 1.29 is 4.79 Å². The number of thioether (sulfide) groups is 1. The summed E-state index contributed by atoms with van der Waals surface area (Å²) < 4.78 is 0.813. The number of para-hydroxylation sites is 1. The molecule has 0 spiro atoms. The molecule has 3 rings (SSSR count). The molecule has 1 aromatic heterocycles. The maximum absolute atomic E-state index is 12.1. The average molecular weight is 377 g/mol. The fourth-order valence-electron chi connectivity index (χ4n) is 2.57. The van der Waals surface area contributed by atoms with Gasteiger partial charge in [-0.05, 0) is 43.7 Å². The van der Waals surface area contributed by atoms with E-state index in [0.29, 0.717) is 6.04 Å². The number of hydrogen-bond donors (Lipinski definition) is 2. The second-order valence-electron chi connectivity index (χ2n) is 6.20. The lowest BCUT2D eigenvalue weighted by molar-refractivity contribution is -0.120. The molecule has 0 radical (unpaired) electrons. The minimum absolute atomic E-state index is 0.0850. The Morgan fingerprint density at radius 3 is 2.56 bits per heavy atom. The minimum Gasteiger partial charge on any atom is -0.352 e. The first-order valence-corrected chi connectivity index (χ1v) is 10.5. The van der Waals surface area contributed by atoms with Gasteiger partial charge in [-0.25, -0.2) is 0 Å². The van der Waals surface area contributed by atoms with Gasteiger partial charge < -0.3 is 10.6 Å². The van der Waals surface area contributed by atoms with Gasteiger partial charge in [0.25, 0.3) is 0 Å². The van der Waals surface area contributed by atoms with Gasteiger partial charge in [-0.2, -0.15) is 0 Å². The van der Waals surface area contributed by atoms with Crippen LogP contribution in [0, 0.1) is 0 Å². The molecule has 0 bridgehead atoms. The normalized spacial score (nSPS) is 15.0. The number of aryl methyl sites for hydroxylation is 2. The van der Waals surface area contributed by atoms with Crippen LogP contribution >= 0.6 is 23.1 Å². The molecule has 25 heavy (non-hydrogen) atoms. The highest BCUT2D eigenvalue weighted by atomic mass is 32.2. The lowest BCUT2D eigenvalue weighted by atomic mass is 10.0. The lowest BCUT2D eigenvalue weighted by Crippen LogP contribution is -2.32. The number of carbonyl (C=O) groups is 1. The van der Waals surface area contributed by atoms with Crippen molar-refractivity contribution in [3.63, 3.8) is 0 Å². The molecule has 1 heterocycles. The zero-order valence-electron chi connectivity index (χ0n) is 14.8. The standard InChI is InChI=1S/C18H24N4OS2/c1-4-12-7-6-8-13(5-2)15(12)20-17-21-22-18(25-17)24-11(3)16(23)19-14-9-10-14/h6-8,11,14H,4-5,9-10H2,1-3H3,(H,19,23)(H,20,21). The molecule has 1 aromatic carbocycles. The van der Waals surface area contributed by atoms with Crippen molar-refractivity contribution in [3.8, 4) is 0 Å². The van der Waals surface area contributed by atoms with E-state index in [-0.39, 0.29) is 11.2 Å². The third-order valence-electron chi connectivity index (χ3n) is 4.21. The molecular weight excluding hydrogens is 352 g/mol. The number of aromatic nitrogens is 2. The maximum Gasteiger partial charge on any atom is 0.233 e. The predicted octanol–water partition coefficient (Wildman–Crippen LogP) is 4.17. The van der Waals surface area contributed by atoms with Crippen LogP contribution in [-0.4, -0.2) is 27.4 Å². The Morgan fingerprint density at radius 1 is 1.28 bits per heavy atom. The molecule has 7 heteroatoms. The third kappa shape index (κ3) is 4.73. The van der Waals surface area contributed by atoms with Gasteiger partial charge in [0.2, 0.25) is 11.0 Å². The Balaban J connectivity index is 1.66. The Bertz CT molecular complexity index is 720. The van der Waals surface area contributed by atoms with Gasteiger partial charge >= 0.3 is 0 Å². The number of benzene rings is 1. The number of hydrogen-bond acceptors (Lipinski definition) is 6. The van der Waals surface area contributed by atoms with Crippen LogP contribution < -0.4 is 10.6 Å². The van der Waals surface area contributed by atoms with Gasteiger partial charge in [-0.3, -0.25) is 4.79 Å². The van der Waals surface area contributed by atoms with Crippen LogP contribution in [0.4, 0.5) is 10.8 Å². The highest BCUT2D eigenvalue weighted by Crippen LogP contribution is 2.33. The second-order valence-corrected chi connectivity index (χ2v) is 8.76. The lowest BCUT2D eigenvalue weighted by Gasteiger charge is -2.13. The Kier molecular flexibility index (Phi) is 5.96. The molecule has 1 aliphatic rings. The Morgan fingerprint density at radius 2 is 1.96 bits per heavy atom. The van der Waals surface area contributed by atoms with E-state index in [1.165, 1.54) is 34.2 Å². The summed E-state index contributed by atoms with van der Waals surface area (Å²) in [5, 5.41) is 15.6. The van der Waals surface area contributed by atoms with Crippen LogP contribution in [-0.2, 0) is 17.6 Å². The largest absolute Gasteiger partial charge is 0.352 e. The summed E-state index contributed by atoms with van der Waals surface area (Å²) in [6.07, 6.45) is 4.14. The molecule has 5 nitrogen and oxygen atoms in total. The molecule has 1 aliphatic carbocycles. The number of rotatable bonds is 8. The van der Waals surface area contributed by atoms with Crippen molar-refractivity contribution in [2.45, 2.75) is 62.1 Å². The number of carbonyl (C=O) groups excluding carboxylic acids is 1. The summed E-state index contributed by atoms with van der Waals surface area (Å²) in [6.45, 7) is 6.22. The maximum atomic E-state index is 12.1. The molecule has 1 saturated carbocycles. The van der Waals surface area contributed by atoms with Gasteiger partial charge in [-0.15, -0.1) is 10.2 Å². The zero-order valence-corrected chi connectivity index (χ0v) is 16.5. The SMILES string of the molecule is CCc1cccc(CC)c1Nc1nnc(SC(C)C(=O)NC2CC2)s1. The van der Waals surface area contributed by atoms with Gasteiger partial charge in [0, 0.05) is 11.7 Å². The fourth-order valence-corrected chi connectivity index (χ4v) is 4.48. The van der Waals surface area contributed by atoms with Crippen LogP contribution in [0.1, 0.15) is 44.7 Å². The molecule has 2 aromatic rings. The summed E-state index contributed by atoms with van der Waals surface area (Å²) in [7, 11) is 0. The molecule has 134 valence electrons. The van der Waals surface area contributed by atoms with E-state index in [2.05, 4.69) is 52.9 Å². The highest BCUT2D eigenvalue weighted by Gasteiger charge is 2.26.